The number of phenolic OH excluding ortho intramolecular Hbond substituents is 1. The maximum atomic E-state index is 12.8. The molecule has 1 fully saturated rings. The van der Waals surface area contributed by atoms with E-state index in [4.69, 9.17) is 0 Å². The fourth-order valence-corrected chi connectivity index (χ4v) is 4.48. The van der Waals surface area contributed by atoms with Gasteiger partial charge in [0.25, 0.3) is 5.91 Å². The lowest BCUT2D eigenvalue weighted by atomic mass is 10.2. The standard InChI is InChI=1S/C20H15N3O2S2/c1-2-11-23-18(25)17(12-13-7-9-14(24)10-8-13)27-20(23)22-19-21-15-5-3-4-6-16(15)26-19/h2-10,12,24H,1,11H2/b17-12-,22-20+. The third-order valence-electron chi connectivity index (χ3n) is 3.86. The lowest BCUT2D eigenvalue weighted by Crippen LogP contribution is -2.29. The van der Waals surface area contributed by atoms with Crippen molar-refractivity contribution in [1.82, 2.24) is 9.88 Å². The summed E-state index contributed by atoms with van der Waals surface area (Å²) in [4.78, 5) is 24.1. The summed E-state index contributed by atoms with van der Waals surface area (Å²) >= 11 is 2.80. The molecule has 1 N–H and O–H groups in total. The Bertz CT molecular complexity index is 1050. The molecule has 3 aromatic rings. The first-order valence-electron chi connectivity index (χ1n) is 8.19. The van der Waals surface area contributed by atoms with Crippen LogP contribution in [0.3, 0.4) is 0 Å². The van der Waals surface area contributed by atoms with Crippen molar-refractivity contribution in [3.05, 3.63) is 71.7 Å². The molecule has 2 heterocycles. The lowest BCUT2D eigenvalue weighted by molar-refractivity contribution is -0.121. The smallest absolute Gasteiger partial charge is 0.267 e. The molecule has 1 aliphatic rings. The van der Waals surface area contributed by atoms with Gasteiger partial charge in [-0.1, -0.05) is 41.7 Å². The van der Waals surface area contributed by atoms with Gasteiger partial charge in [0.2, 0.25) is 5.13 Å². The Labute approximate surface area is 164 Å². The molecular weight excluding hydrogens is 378 g/mol. The number of phenols is 1. The monoisotopic (exact) mass is 393 g/mol. The molecule has 7 heteroatoms. The summed E-state index contributed by atoms with van der Waals surface area (Å²) in [6.45, 7) is 4.11. The topological polar surface area (TPSA) is 65.8 Å². The molecule has 4 rings (SSSR count). The van der Waals surface area contributed by atoms with Crippen molar-refractivity contribution < 1.29 is 9.90 Å². The number of aromatic hydroxyl groups is 1. The molecule has 0 aliphatic carbocycles. The maximum absolute atomic E-state index is 12.8. The number of amides is 1. The number of amidine groups is 1. The van der Waals surface area contributed by atoms with E-state index in [0.29, 0.717) is 21.7 Å². The Morgan fingerprint density at radius 2 is 1.96 bits per heavy atom. The van der Waals surface area contributed by atoms with Gasteiger partial charge in [-0.3, -0.25) is 9.69 Å². The van der Waals surface area contributed by atoms with Gasteiger partial charge >= 0.3 is 0 Å². The summed E-state index contributed by atoms with van der Waals surface area (Å²) in [6.07, 6.45) is 3.47. The summed E-state index contributed by atoms with van der Waals surface area (Å²) in [7, 11) is 0. The summed E-state index contributed by atoms with van der Waals surface area (Å²) in [5, 5.41) is 10.6. The van der Waals surface area contributed by atoms with E-state index < -0.39 is 0 Å². The number of aromatic nitrogens is 1. The Balaban J connectivity index is 1.69. The number of carbonyl (C=O) groups excluding carboxylic acids is 1. The molecule has 2 aromatic carbocycles. The second-order valence-corrected chi connectivity index (χ2v) is 7.78. The van der Waals surface area contributed by atoms with Gasteiger partial charge in [0.05, 0.1) is 15.1 Å². The van der Waals surface area contributed by atoms with Crippen LogP contribution < -0.4 is 0 Å². The van der Waals surface area contributed by atoms with Gasteiger partial charge in [-0.2, -0.15) is 4.99 Å². The molecule has 0 unspecified atom stereocenters. The van der Waals surface area contributed by atoms with Gasteiger partial charge in [-0.05, 0) is 47.7 Å². The van der Waals surface area contributed by atoms with Crippen LogP contribution in [0.15, 0.2) is 71.1 Å². The molecule has 1 aromatic heterocycles. The molecule has 1 aliphatic heterocycles. The summed E-state index contributed by atoms with van der Waals surface area (Å²) < 4.78 is 1.06. The van der Waals surface area contributed by atoms with E-state index in [-0.39, 0.29) is 11.7 Å². The molecule has 0 spiro atoms. The molecule has 1 amide bonds. The fraction of sp³-hybridized carbons (Fsp3) is 0.0500. The van der Waals surface area contributed by atoms with E-state index in [1.807, 2.05) is 24.3 Å². The number of carbonyl (C=O) groups is 1. The van der Waals surface area contributed by atoms with Crippen LogP contribution in [0.25, 0.3) is 16.3 Å². The van der Waals surface area contributed by atoms with E-state index >= 15 is 0 Å². The molecule has 5 nitrogen and oxygen atoms in total. The molecule has 0 atom stereocenters. The fourth-order valence-electron chi connectivity index (χ4n) is 2.59. The number of para-hydroxylation sites is 1. The average molecular weight is 393 g/mol. The zero-order valence-corrected chi connectivity index (χ0v) is 15.8. The predicted molar refractivity (Wildman–Crippen MR) is 112 cm³/mol. The van der Waals surface area contributed by atoms with Crippen molar-refractivity contribution in [2.75, 3.05) is 6.54 Å². The first-order valence-corrected chi connectivity index (χ1v) is 9.83. The first kappa shape index (κ1) is 17.5. The largest absolute Gasteiger partial charge is 0.508 e. The van der Waals surface area contributed by atoms with Crippen LogP contribution in [0.5, 0.6) is 5.75 Å². The van der Waals surface area contributed by atoms with Gasteiger partial charge in [-0.15, -0.1) is 6.58 Å². The second kappa shape index (κ2) is 7.38. The highest BCUT2D eigenvalue weighted by Crippen LogP contribution is 2.36. The van der Waals surface area contributed by atoms with Crippen LogP contribution in [0.4, 0.5) is 5.13 Å². The van der Waals surface area contributed by atoms with Crippen LogP contribution in [0.2, 0.25) is 0 Å². The van der Waals surface area contributed by atoms with Crippen LogP contribution >= 0.6 is 23.1 Å². The Kier molecular flexibility index (Phi) is 4.79. The zero-order valence-electron chi connectivity index (χ0n) is 14.2. The average Bonchev–Trinajstić information content (AvgIpc) is 3.20. The first-order chi connectivity index (χ1) is 13.1. The number of hydrogen-bond donors (Lipinski definition) is 1. The Hall–Kier alpha value is -2.90. The van der Waals surface area contributed by atoms with Crippen molar-refractivity contribution in [2.24, 2.45) is 4.99 Å². The maximum Gasteiger partial charge on any atom is 0.267 e. The Morgan fingerprint density at radius 3 is 2.70 bits per heavy atom. The quantitative estimate of drug-likeness (QED) is 0.511. The van der Waals surface area contributed by atoms with Gasteiger partial charge in [0.1, 0.15) is 5.75 Å². The van der Waals surface area contributed by atoms with E-state index in [9.17, 15) is 9.90 Å². The highest BCUT2D eigenvalue weighted by molar-refractivity contribution is 8.18. The van der Waals surface area contributed by atoms with Crippen LogP contribution in [0.1, 0.15) is 5.56 Å². The summed E-state index contributed by atoms with van der Waals surface area (Å²) in [5.41, 5.74) is 1.73. The molecule has 0 radical (unpaired) electrons. The van der Waals surface area contributed by atoms with E-state index in [1.54, 1.807) is 41.3 Å². The molecule has 134 valence electrons. The van der Waals surface area contributed by atoms with Gasteiger partial charge < -0.3 is 5.11 Å². The number of benzene rings is 2. The van der Waals surface area contributed by atoms with Gasteiger partial charge in [-0.25, -0.2) is 4.98 Å². The summed E-state index contributed by atoms with van der Waals surface area (Å²) in [6, 6.07) is 14.6. The normalized spacial score (nSPS) is 17.3. The number of fused-ring (bicyclic) bond motifs is 1. The minimum atomic E-state index is -0.118. The number of rotatable bonds is 4. The summed E-state index contributed by atoms with van der Waals surface area (Å²) in [5.74, 6) is 0.0711. The number of nitrogens with zero attached hydrogens (tertiary/aromatic N) is 3. The minimum Gasteiger partial charge on any atom is -0.508 e. The number of aliphatic imine (C=N–C) groups is 1. The van der Waals surface area contributed by atoms with E-state index in [1.165, 1.54) is 23.1 Å². The Morgan fingerprint density at radius 1 is 1.19 bits per heavy atom. The van der Waals surface area contributed by atoms with Gasteiger partial charge in [0.15, 0.2) is 5.17 Å². The molecule has 1 saturated heterocycles. The van der Waals surface area contributed by atoms with E-state index in [0.717, 1.165) is 15.8 Å². The minimum absolute atomic E-state index is 0.118. The third-order valence-corrected chi connectivity index (χ3v) is 5.80. The highest BCUT2D eigenvalue weighted by atomic mass is 32.2. The number of hydrogen-bond acceptors (Lipinski definition) is 6. The second-order valence-electron chi connectivity index (χ2n) is 5.77. The van der Waals surface area contributed by atoms with Crippen molar-refractivity contribution in [2.45, 2.75) is 0 Å². The molecule has 27 heavy (non-hydrogen) atoms. The zero-order chi connectivity index (χ0) is 18.8. The molecule has 0 bridgehead atoms. The lowest BCUT2D eigenvalue weighted by Gasteiger charge is -2.11. The predicted octanol–water partition coefficient (Wildman–Crippen LogP) is 4.79. The molecular formula is C20H15N3O2S2. The third kappa shape index (κ3) is 3.65. The van der Waals surface area contributed by atoms with Gasteiger partial charge in [0, 0.05) is 6.54 Å². The molecule has 0 saturated carbocycles. The van der Waals surface area contributed by atoms with Crippen molar-refractivity contribution in [1.29, 1.82) is 0 Å². The van der Waals surface area contributed by atoms with Crippen LogP contribution in [-0.2, 0) is 4.79 Å². The number of thioether (sulfide) groups is 1. The van der Waals surface area contributed by atoms with E-state index in [2.05, 4.69) is 16.6 Å². The number of thiazole rings is 1. The van der Waals surface area contributed by atoms with Crippen LogP contribution in [-0.4, -0.2) is 32.6 Å². The van der Waals surface area contributed by atoms with Crippen molar-refractivity contribution in [3.63, 3.8) is 0 Å². The van der Waals surface area contributed by atoms with Crippen molar-refractivity contribution in [3.8, 4) is 5.75 Å². The van der Waals surface area contributed by atoms with Crippen molar-refractivity contribution >= 4 is 55.6 Å². The highest BCUT2D eigenvalue weighted by Gasteiger charge is 2.32. The van der Waals surface area contributed by atoms with Crippen LogP contribution in [0, 0.1) is 0 Å². The SMILES string of the molecule is C=CCN1C(=O)/C(=C/c2ccc(O)cc2)S/C1=N/c1nc2ccccc2s1.